The normalized spacial score (nSPS) is 11.1. The summed E-state index contributed by atoms with van der Waals surface area (Å²) >= 11 is 6.52. The molecule has 0 saturated heterocycles. The Balaban J connectivity index is 1.51. The summed E-state index contributed by atoms with van der Waals surface area (Å²) in [6, 6.07) is 18.4. The molecule has 3 heterocycles. The zero-order valence-electron chi connectivity index (χ0n) is 18.6. The van der Waals surface area contributed by atoms with Gasteiger partial charge in [0, 0.05) is 17.8 Å². The molecule has 0 aliphatic rings. The Morgan fingerprint density at radius 1 is 0.971 bits per heavy atom. The maximum Gasteiger partial charge on any atom is 0.248 e. The lowest BCUT2D eigenvalue weighted by Crippen LogP contribution is -2.02. The molecule has 0 atom stereocenters. The molecule has 35 heavy (non-hydrogen) atoms. The van der Waals surface area contributed by atoms with E-state index in [1.54, 1.807) is 36.4 Å². The Kier molecular flexibility index (Phi) is 6.16. The van der Waals surface area contributed by atoms with Gasteiger partial charge in [-0.15, -0.1) is 20.4 Å². The molecule has 0 aliphatic carbocycles. The number of halogens is 1. The maximum absolute atomic E-state index is 7.07. The van der Waals surface area contributed by atoms with Crippen molar-refractivity contribution in [1.29, 1.82) is 0 Å². The van der Waals surface area contributed by atoms with Gasteiger partial charge in [0.25, 0.3) is 0 Å². The average Bonchev–Trinajstić information content (AvgIpc) is 3.55. The smallest absolute Gasteiger partial charge is 0.248 e. The number of pyridine rings is 1. The van der Waals surface area contributed by atoms with Gasteiger partial charge in [-0.3, -0.25) is 9.55 Å². The van der Waals surface area contributed by atoms with Crippen molar-refractivity contribution in [3.63, 3.8) is 0 Å². The van der Waals surface area contributed by atoms with Crippen LogP contribution in [0.3, 0.4) is 0 Å². The molecule has 0 spiro atoms. The molecule has 5 aromatic rings. The van der Waals surface area contributed by atoms with Gasteiger partial charge in [0.2, 0.25) is 11.8 Å². The van der Waals surface area contributed by atoms with Gasteiger partial charge in [-0.2, -0.15) is 0 Å². The molecule has 170 valence electrons. The van der Waals surface area contributed by atoms with Crippen LogP contribution in [0.4, 0.5) is 5.69 Å². The summed E-state index contributed by atoms with van der Waals surface area (Å²) in [6.07, 6.45) is 6.13. The summed E-state index contributed by atoms with van der Waals surface area (Å²) in [5.74, 6) is 1.74. The van der Waals surface area contributed by atoms with Gasteiger partial charge in [0.05, 0.1) is 17.3 Å². The first-order valence-corrected chi connectivity index (χ1v) is 11.2. The molecule has 0 fully saturated rings. The molecule has 3 aromatic heterocycles. The zero-order valence-corrected chi connectivity index (χ0v) is 19.4. The van der Waals surface area contributed by atoms with Crippen LogP contribution in [0.25, 0.3) is 45.7 Å². The maximum atomic E-state index is 7.07. The minimum Gasteiger partial charge on any atom is -0.417 e. The lowest BCUT2D eigenvalue weighted by molar-refractivity contribution is 0.558. The van der Waals surface area contributed by atoms with Gasteiger partial charge in [-0.05, 0) is 36.3 Å². The van der Waals surface area contributed by atoms with Crippen molar-refractivity contribution in [3.05, 3.63) is 101 Å². The minimum atomic E-state index is 0.301. The standard InChI is InChI=1S/C26H18ClN7O/c1-3-17-8-13-21(29-16-17)25-32-30-23(34(25)22-7-5-4-6-20(22)27)14-15-24-31-33-26(35-24)18-9-11-19(28-2)12-10-18/h4-16H,3H2,1H3/b15-14+. The highest BCUT2D eigenvalue weighted by Gasteiger charge is 2.17. The summed E-state index contributed by atoms with van der Waals surface area (Å²) in [4.78, 5) is 7.96. The number of benzene rings is 2. The topological polar surface area (TPSA) is 86.9 Å². The predicted octanol–water partition coefficient (Wildman–Crippen LogP) is 6.32. The molecule has 0 amide bonds. The first-order chi connectivity index (χ1) is 17.2. The molecule has 0 saturated carbocycles. The van der Waals surface area contributed by atoms with Crippen LogP contribution in [0.15, 0.2) is 71.3 Å². The van der Waals surface area contributed by atoms with Crippen molar-refractivity contribution in [2.24, 2.45) is 0 Å². The van der Waals surface area contributed by atoms with E-state index < -0.39 is 0 Å². The zero-order chi connectivity index (χ0) is 24.2. The Labute approximate surface area is 206 Å². The second-order valence-electron chi connectivity index (χ2n) is 7.51. The average molecular weight is 480 g/mol. The van der Waals surface area contributed by atoms with Crippen LogP contribution >= 0.6 is 11.6 Å². The largest absolute Gasteiger partial charge is 0.417 e. The van der Waals surface area contributed by atoms with Crippen LogP contribution in [0.2, 0.25) is 5.02 Å². The van der Waals surface area contributed by atoms with Crippen molar-refractivity contribution < 1.29 is 4.42 Å². The van der Waals surface area contributed by atoms with Crippen molar-refractivity contribution in [1.82, 2.24) is 29.9 Å². The molecule has 0 unspecified atom stereocenters. The number of nitrogens with zero attached hydrogens (tertiary/aromatic N) is 7. The Morgan fingerprint density at radius 3 is 2.51 bits per heavy atom. The fourth-order valence-electron chi connectivity index (χ4n) is 3.45. The van der Waals surface area contributed by atoms with E-state index >= 15 is 0 Å². The molecule has 2 aromatic carbocycles. The lowest BCUT2D eigenvalue weighted by Gasteiger charge is -2.10. The highest BCUT2D eigenvalue weighted by Crippen LogP contribution is 2.28. The van der Waals surface area contributed by atoms with E-state index in [2.05, 4.69) is 37.1 Å². The number of aromatic nitrogens is 6. The van der Waals surface area contributed by atoms with Crippen LogP contribution in [-0.4, -0.2) is 29.9 Å². The van der Waals surface area contributed by atoms with Gasteiger partial charge in [-0.25, -0.2) is 4.85 Å². The molecule has 9 heteroatoms. The van der Waals surface area contributed by atoms with E-state index in [9.17, 15) is 0 Å². The minimum absolute atomic E-state index is 0.301. The van der Waals surface area contributed by atoms with Crippen molar-refractivity contribution >= 4 is 29.4 Å². The summed E-state index contributed by atoms with van der Waals surface area (Å²) in [5.41, 5.74) is 3.81. The number of para-hydroxylation sites is 1. The summed E-state index contributed by atoms with van der Waals surface area (Å²) < 4.78 is 7.61. The highest BCUT2D eigenvalue weighted by molar-refractivity contribution is 6.32. The number of aryl methyl sites for hydroxylation is 1. The van der Waals surface area contributed by atoms with Crippen molar-refractivity contribution in [2.75, 3.05) is 0 Å². The monoisotopic (exact) mass is 479 g/mol. The van der Waals surface area contributed by atoms with E-state index in [1.165, 1.54) is 0 Å². The molecule has 0 bridgehead atoms. The Bertz CT molecular complexity index is 1540. The predicted molar refractivity (Wildman–Crippen MR) is 134 cm³/mol. The summed E-state index contributed by atoms with van der Waals surface area (Å²) in [7, 11) is 0. The first kappa shape index (κ1) is 22.2. The third kappa shape index (κ3) is 4.58. The summed E-state index contributed by atoms with van der Waals surface area (Å²) in [5, 5.41) is 17.5. The van der Waals surface area contributed by atoms with E-state index in [-0.39, 0.29) is 0 Å². The SMILES string of the molecule is [C-]#[N+]c1ccc(-c2nnc(/C=C/c3nnc(-c4ccc(CC)cn4)n3-c3ccccc3Cl)o2)cc1. The van der Waals surface area contributed by atoms with Gasteiger partial charge >= 0.3 is 0 Å². The lowest BCUT2D eigenvalue weighted by atomic mass is 10.2. The number of hydrogen-bond acceptors (Lipinski definition) is 6. The molecule has 0 aliphatic heterocycles. The van der Waals surface area contributed by atoms with E-state index in [1.807, 2.05) is 47.2 Å². The van der Waals surface area contributed by atoms with E-state index in [0.29, 0.717) is 39.8 Å². The fraction of sp³-hybridized carbons (Fsp3) is 0.0769. The molecule has 5 rings (SSSR count). The van der Waals surface area contributed by atoms with Crippen LogP contribution in [0.5, 0.6) is 0 Å². The van der Waals surface area contributed by atoms with E-state index in [0.717, 1.165) is 23.2 Å². The second kappa shape index (κ2) is 9.71. The quantitative estimate of drug-likeness (QED) is 0.265. The van der Waals surface area contributed by atoms with Crippen molar-refractivity contribution in [3.8, 4) is 28.7 Å². The number of hydrogen-bond donors (Lipinski definition) is 0. The third-order valence-electron chi connectivity index (χ3n) is 5.30. The molecular weight excluding hydrogens is 462 g/mol. The first-order valence-electron chi connectivity index (χ1n) is 10.8. The van der Waals surface area contributed by atoms with Crippen LogP contribution < -0.4 is 0 Å². The second-order valence-corrected chi connectivity index (χ2v) is 7.92. The van der Waals surface area contributed by atoms with Gasteiger partial charge < -0.3 is 4.42 Å². The van der Waals surface area contributed by atoms with E-state index in [4.69, 9.17) is 22.6 Å². The molecule has 0 N–H and O–H groups in total. The molecular formula is C26H18ClN7O. The number of rotatable bonds is 6. The Hall–Kier alpha value is -4.61. The van der Waals surface area contributed by atoms with Gasteiger partial charge in [0.15, 0.2) is 17.3 Å². The highest BCUT2D eigenvalue weighted by atomic mass is 35.5. The van der Waals surface area contributed by atoms with Gasteiger partial charge in [-0.1, -0.05) is 61.0 Å². The Morgan fingerprint density at radius 2 is 1.80 bits per heavy atom. The van der Waals surface area contributed by atoms with Crippen LogP contribution in [-0.2, 0) is 6.42 Å². The van der Waals surface area contributed by atoms with Crippen molar-refractivity contribution in [2.45, 2.75) is 13.3 Å². The third-order valence-corrected chi connectivity index (χ3v) is 5.62. The summed E-state index contributed by atoms with van der Waals surface area (Å²) in [6.45, 7) is 9.15. The molecule has 8 nitrogen and oxygen atoms in total. The molecule has 0 radical (unpaired) electrons. The van der Waals surface area contributed by atoms with Crippen LogP contribution in [0.1, 0.15) is 24.2 Å². The fourth-order valence-corrected chi connectivity index (χ4v) is 3.67. The van der Waals surface area contributed by atoms with Gasteiger partial charge in [0.1, 0.15) is 5.69 Å². The van der Waals surface area contributed by atoms with Crippen LogP contribution in [0, 0.1) is 6.57 Å².